The SMILES string of the molecule is B[C@H]1CC(O[Si](C)(C)C(C)(C)C)[C@@H](CO)O1. The minimum atomic E-state index is -1.75. The molecule has 0 aromatic heterocycles. The first-order valence-electron chi connectivity index (χ1n) is 6.11. The van der Waals surface area contributed by atoms with Crippen LogP contribution in [0.2, 0.25) is 18.1 Å². The molecule has 0 radical (unpaired) electrons. The zero-order chi connectivity index (χ0) is 12.6. The normalized spacial score (nSPS) is 32.0. The Morgan fingerprint density at radius 2 is 2.00 bits per heavy atom. The van der Waals surface area contributed by atoms with Crippen molar-refractivity contribution in [3.05, 3.63) is 0 Å². The highest BCUT2D eigenvalue weighted by Gasteiger charge is 2.43. The molecule has 1 heterocycles. The number of hydrogen-bond acceptors (Lipinski definition) is 3. The summed E-state index contributed by atoms with van der Waals surface area (Å²) in [6, 6.07) is 0.201. The topological polar surface area (TPSA) is 38.7 Å². The van der Waals surface area contributed by atoms with Crippen LogP contribution in [-0.2, 0) is 9.16 Å². The summed E-state index contributed by atoms with van der Waals surface area (Å²) in [5.74, 6) is 0. The molecule has 0 aliphatic carbocycles. The third-order valence-electron chi connectivity index (χ3n) is 3.82. The first kappa shape index (κ1) is 14.2. The maximum Gasteiger partial charge on any atom is 0.192 e. The Hall–Kier alpha value is 0.162. The van der Waals surface area contributed by atoms with Crippen molar-refractivity contribution in [2.45, 2.75) is 63.5 Å². The zero-order valence-corrected chi connectivity index (χ0v) is 12.4. The van der Waals surface area contributed by atoms with E-state index in [0.717, 1.165) is 6.42 Å². The van der Waals surface area contributed by atoms with Crippen molar-refractivity contribution in [3.8, 4) is 0 Å². The molecule has 1 aliphatic heterocycles. The Bertz CT molecular complexity index is 240. The summed E-state index contributed by atoms with van der Waals surface area (Å²) >= 11 is 0. The fraction of sp³-hybridized carbons (Fsp3) is 1.00. The highest BCUT2D eigenvalue weighted by molar-refractivity contribution is 6.74. The summed E-state index contributed by atoms with van der Waals surface area (Å²) < 4.78 is 11.9. The van der Waals surface area contributed by atoms with Crippen LogP contribution < -0.4 is 0 Å². The van der Waals surface area contributed by atoms with Crippen molar-refractivity contribution < 1.29 is 14.3 Å². The van der Waals surface area contributed by atoms with Gasteiger partial charge >= 0.3 is 0 Å². The van der Waals surface area contributed by atoms with E-state index in [2.05, 4.69) is 33.9 Å². The third kappa shape index (κ3) is 3.09. The molecule has 0 saturated carbocycles. The van der Waals surface area contributed by atoms with Crippen molar-refractivity contribution >= 4 is 16.2 Å². The average molecular weight is 244 g/mol. The molecule has 1 unspecified atom stereocenters. The van der Waals surface area contributed by atoms with E-state index >= 15 is 0 Å². The fourth-order valence-corrected chi connectivity index (χ4v) is 3.12. The summed E-state index contributed by atoms with van der Waals surface area (Å²) in [5.41, 5.74) is 0. The van der Waals surface area contributed by atoms with Crippen LogP contribution in [0.15, 0.2) is 0 Å². The van der Waals surface area contributed by atoms with Gasteiger partial charge in [-0.15, -0.1) is 0 Å². The van der Waals surface area contributed by atoms with Crippen molar-refractivity contribution in [1.82, 2.24) is 0 Å². The maximum absolute atomic E-state index is 9.26. The van der Waals surface area contributed by atoms with Gasteiger partial charge in [0.25, 0.3) is 0 Å². The van der Waals surface area contributed by atoms with E-state index in [9.17, 15) is 5.11 Å². The Kier molecular flexibility index (Phi) is 4.27. The smallest absolute Gasteiger partial charge is 0.192 e. The highest BCUT2D eigenvalue weighted by atomic mass is 28.4. The van der Waals surface area contributed by atoms with Crippen LogP contribution in [0.25, 0.3) is 0 Å². The van der Waals surface area contributed by atoms with E-state index < -0.39 is 8.32 Å². The summed E-state index contributed by atoms with van der Waals surface area (Å²) in [7, 11) is 0.291. The number of hydrogen-bond donors (Lipinski definition) is 1. The lowest BCUT2D eigenvalue weighted by atomic mass is 9.96. The van der Waals surface area contributed by atoms with Gasteiger partial charge in [-0.25, -0.2) is 0 Å². The van der Waals surface area contributed by atoms with Crippen molar-refractivity contribution in [3.63, 3.8) is 0 Å². The molecule has 1 N–H and O–H groups in total. The van der Waals surface area contributed by atoms with Crippen molar-refractivity contribution in [2.24, 2.45) is 0 Å². The molecule has 5 heteroatoms. The molecular weight excluding hydrogens is 219 g/mol. The monoisotopic (exact) mass is 244 g/mol. The molecule has 1 aliphatic rings. The van der Waals surface area contributed by atoms with Crippen LogP contribution in [0.1, 0.15) is 27.2 Å². The van der Waals surface area contributed by atoms with Gasteiger partial charge in [0.1, 0.15) is 14.0 Å². The first-order valence-corrected chi connectivity index (χ1v) is 9.02. The largest absolute Gasteiger partial charge is 0.411 e. The molecule has 0 amide bonds. The summed E-state index contributed by atoms with van der Waals surface area (Å²) in [5, 5.41) is 9.47. The van der Waals surface area contributed by atoms with Crippen LogP contribution in [-0.4, -0.2) is 46.1 Å². The molecule has 0 aromatic carbocycles. The van der Waals surface area contributed by atoms with Gasteiger partial charge in [-0.2, -0.15) is 0 Å². The fourth-order valence-electron chi connectivity index (χ4n) is 1.76. The number of aliphatic hydroxyl groups excluding tert-OH is 1. The van der Waals surface area contributed by atoms with E-state index in [4.69, 9.17) is 9.16 Å². The van der Waals surface area contributed by atoms with Crippen LogP contribution in [0, 0.1) is 0 Å². The summed E-state index contributed by atoms with van der Waals surface area (Å²) in [6.45, 7) is 11.2. The van der Waals surface area contributed by atoms with Gasteiger partial charge in [0.05, 0.1) is 12.7 Å². The highest BCUT2D eigenvalue weighted by Crippen LogP contribution is 2.39. The Labute approximate surface area is 101 Å². The molecule has 0 bridgehead atoms. The van der Waals surface area contributed by atoms with Crippen LogP contribution in [0.5, 0.6) is 0 Å². The predicted octanol–water partition coefficient (Wildman–Crippen LogP) is 1.12. The standard InChI is InChI=1S/C11H25BO3Si/c1-11(2,3)16(4,5)15-8-6-10(12)14-9(8)7-13/h8-10,13H,6-7,12H2,1-5H3/t8?,9-,10-/m1/s1. The average Bonchev–Trinajstić information content (AvgIpc) is 2.43. The molecule has 1 fully saturated rings. The molecule has 3 nitrogen and oxygen atoms in total. The number of aliphatic hydroxyl groups is 1. The predicted molar refractivity (Wildman–Crippen MR) is 71.0 cm³/mol. The van der Waals surface area contributed by atoms with E-state index in [1.54, 1.807) is 0 Å². The Balaban J connectivity index is 2.66. The molecule has 0 spiro atoms. The lowest BCUT2D eigenvalue weighted by Gasteiger charge is -2.39. The molecular formula is C11H25BO3Si. The minimum absolute atomic E-state index is 0.0592. The van der Waals surface area contributed by atoms with Crippen molar-refractivity contribution in [2.75, 3.05) is 6.61 Å². The Morgan fingerprint density at radius 3 is 2.44 bits per heavy atom. The molecule has 1 rings (SSSR count). The Morgan fingerprint density at radius 1 is 1.44 bits per heavy atom. The molecule has 3 atom stereocenters. The van der Waals surface area contributed by atoms with Gasteiger partial charge in [0.15, 0.2) is 8.32 Å². The lowest BCUT2D eigenvalue weighted by Crippen LogP contribution is -2.46. The molecule has 16 heavy (non-hydrogen) atoms. The lowest BCUT2D eigenvalue weighted by molar-refractivity contribution is -0.000169. The second-order valence-electron chi connectivity index (χ2n) is 6.32. The number of ether oxygens (including phenoxy) is 1. The molecule has 1 saturated heterocycles. The first-order chi connectivity index (χ1) is 7.17. The van der Waals surface area contributed by atoms with Crippen LogP contribution >= 0.6 is 0 Å². The van der Waals surface area contributed by atoms with Gasteiger partial charge in [-0.1, -0.05) is 20.8 Å². The second-order valence-corrected chi connectivity index (χ2v) is 11.1. The van der Waals surface area contributed by atoms with E-state index in [-0.39, 0.29) is 29.9 Å². The van der Waals surface area contributed by atoms with E-state index in [1.165, 1.54) is 0 Å². The van der Waals surface area contributed by atoms with Gasteiger partial charge in [-0.05, 0) is 24.6 Å². The minimum Gasteiger partial charge on any atom is -0.411 e. The molecule has 94 valence electrons. The molecule has 0 aromatic rings. The van der Waals surface area contributed by atoms with Crippen LogP contribution in [0.4, 0.5) is 0 Å². The zero-order valence-electron chi connectivity index (χ0n) is 11.4. The van der Waals surface area contributed by atoms with Gasteiger partial charge in [0, 0.05) is 6.00 Å². The maximum atomic E-state index is 9.26. The number of rotatable bonds is 3. The van der Waals surface area contributed by atoms with Gasteiger partial charge in [-0.3, -0.25) is 0 Å². The van der Waals surface area contributed by atoms with Crippen LogP contribution in [0.3, 0.4) is 0 Å². The quantitative estimate of drug-likeness (QED) is 0.756. The summed E-state index contributed by atoms with van der Waals surface area (Å²) in [4.78, 5) is 0. The summed E-state index contributed by atoms with van der Waals surface area (Å²) in [6.07, 6.45) is 0.836. The van der Waals surface area contributed by atoms with E-state index in [1.807, 2.05) is 7.85 Å². The third-order valence-corrected chi connectivity index (χ3v) is 8.32. The van der Waals surface area contributed by atoms with Crippen molar-refractivity contribution in [1.29, 1.82) is 0 Å². The van der Waals surface area contributed by atoms with Gasteiger partial charge in [0.2, 0.25) is 0 Å². The van der Waals surface area contributed by atoms with E-state index in [0.29, 0.717) is 0 Å². The van der Waals surface area contributed by atoms with Gasteiger partial charge < -0.3 is 14.3 Å². The second kappa shape index (κ2) is 4.80.